The van der Waals surface area contributed by atoms with Crippen LogP contribution in [0.1, 0.15) is 17.4 Å². The first-order chi connectivity index (χ1) is 14.5. The number of ether oxygens (including phenoxy) is 1. The molecule has 0 aliphatic rings. The minimum atomic E-state index is -0.322. The number of pyridine rings is 1. The largest absolute Gasteiger partial charge is 0.497 e. The first-order valence-electron chi connectivity index (χ1n) is 9.35. The number of methoxy groups -OCH3 is 1. The Hall–Kier alpha value is -4.13. The van der Waals surface area contributed by atoms with E-state index < -0.39 is 0 Å². The third-order valence-corrected chi connectivity index (χ3v) is 4.57. The lowest BCUT2D eigenvalue weighted by Gasteiger charge is -2.08. The van der Waals surface area contributed by atoms with Gasteiger partial charge in [0.15, 0.2) is 5.69 Å². The molecule has 0 fully saturated rings. The van der Waals surface area contributed by atoms with Crippen molar-refractivity contribution in [2.75, 3.05) is 17.7 Å². The third-order valence-electron chi connectivity index (χ3n) is 4.57. The quantitative estimate of drug-likeness (QED) is 0.525. The smallest absolute Gasteiger partial charge is 0.276 e. The topological polar surface area (TPSA) is 84.7 Å². The maximum atomic E-state index is 13.1. The summed E-state index contributed by atoms with van der Waals surface area (Å²) >= 11 is 0. The molecule has 30 heavy (non-hydrogen) atoms. The molecule has 0 aliphatic heterocycles. The number of nitrogens with zero attached hydrogens (tertiary/aromatic N) is 2. The number of hydrogen-bond acceptors (Lipinski definition) is 4. The Bertz CT molecular complexity index is 1210. The van der Waals surface area contributed by atoms with E-state index in [0.29, 0.717) is 28.4 Å². The van der Waals surface area contributed by atoms with E-state index in [0.717, 1.165) is 11.3 Å². The molecule has 0 saturated carbocycles. The van der Waals surface area contributed by atoms with Crippen molar-refractivity contribution in [2.45, 2.75) is 6.92 Å². The Morgan fingerprint density at radius 1 is 0.900 bits per heavy atom. The molecule has 4 aromatic rings. The Morgan fingerprint density at radius 3 is 2.20 bits per heavy atom. The van der Waals surface area contributed by atoms with Gasteiger partial charge in [0.1, 0.15) is 11.4 Å². The summed E-state index contributed by atoms with van der Waals surface area (Å²) in [7, 11) is 1.61. The van der Waals surface area contributed by atoms with Crippen LogP contribution in [0.2, 0.25) is 0 Å². The average Bonchev–Trinajstić information content (AvgIpc) is 3.14. The number of aromatic nitrogens is 2. The summed E-state index contributed by atoms with van der Waals surface area (Å²) in [5.41, 5.74) is 3.80. The van der Waals surface area contributed by atoms with Crippen LogP contribution >= 0.6 is 0 Å². The van der Waals surface area contributed by atoms with Gasteiger partial charge in [-0.05, 0) is 60.7 Å². The number of amides is 2. The molecule has 4 rings (SSSR count). The molecular formula is C23H20N4O3. The summed E-state index contributed by atoms with van der Waals surface area (Å²) < 4.78 is 7.12. The number of anilines is 2. The van der Waals surface area contributed by atoms with Crippen LogP contribution in [-0.2, 0) is 4.79 Å². The van der Waals surface area contributed by atoms with Gasteiger partial charge in [-0.3, -0.25) is 14.0 Å². The number of imidazole rings is 1. The molecule has 150 valence electrons. The molecule has 2 heterocycles. The number of carbonyl (C=O) groups excluding carboxylic acids is 2. The number of benzene rings is 2. The monoisotopic (exact) mass is 400 g/mol. The van der Waals surface area contributed by atoms with E-state index in [-0.39, 0.29) is 11.8 Å². The SMILES string of the molecule is COc1ccc(-c2c(C(=O)Nc3ccc(NC(C)=O)cc3)nc3ccccn23)cc1. The molecule has 0 unspecified atom stereocenters. The second kappa shape index (κ2) is 8.08. The molecule has 7 nitrogen and oxygen atoms in total. The highest BCUT2D eigenvalue weighted by molar-refractivity contribution is 6.07. The molecule has 2 aromatic carbocycles. The van der Waals surface area contributed by atoms with Crippen molar-refractivity contribution in [3.63, 3.8) is 0 Å². The third kappa shape index (κ3) is 3.86. The minimum absolute atomic E-state index is 0.152. The fraction of sp³-hybridized carbons (Fsp3) is 0.0870. The zero-order chi connectivity index (χ0) is 21.1. The van der Waals surface area contributed by atoms with Crippen molar-refractivity contribution in [1.82, 2.24) is 9.38 Å². The normalized spacial score (nSPS) is 10.6. The Labute approximate surface area is 173 Å². The fourth-order valence-corrected chi connectivity index (χ4v) is 3.21. The summed E-state index contributed by atoms with van der Waals surface area (Å²) in [6.45, 7) is 1.44. The van der Waals surface area contributed by atoms with Crippen LogP contribution in [0.4, 0.5) is 11.4 Å². The van der Waals surface area contributed by atoms with E-state index in [1.807, 2.05) is 53.1 Å². The number of rotatable bonds is 5. The molecule has 2 N–H and O–H groups in total. The fourth-order valence-electron chi connectivity index (χ4n) is 3.21. The van der Waals surface area contributed by atoms with Crippen LogP contribution in [0, 0.1) is 0 Å². The Morgan fingerprint density at radius 2 is 1.57 bits per heavy atom. The number of carbonyl (C=O) groups is 2. The first-order valence-corrected chi connectivity index (χ1v) is 9.35. The molecule has 0 aliphatic carbocycles. The second-order valence-electron chi connectivity index (χ2n) is 6.68. The van der Waals surface area contributed by atoms with Gasteiger partial charge in [-0.2, -0.15) is 0 Å². The summed E-state index contributed by atoms with van der Waals surface area (Å²) in [6, 6.07) is 20.0. The summed E-state index contributed by atoms with van der Waals surface area (Å²) in [5, 5.41) is 5.58. The molecule has 0 atom stereocenters. The van der Waals surface area contributed by atoms with Gasteiger partial charge in [-0.1, -0.05) is 6.07 Å². The lowest BCUT2D eigenvalue weighted by atomic mass is 10.1. The molecule has 2 aromatic heterocycles. The van der Waals surface area contributed by atoms with Crippen LogP contribution in [0.15, 0.2) is 72.9 Å². The van der Waals surface area contributed by atoms with Crippen molar-refractivity contribution in [3.05, 3.63) is 78.6 Å². The van der Waals surface area contributed by atoms with Crippen LogP contribution < -0.4 is 15.4 Å². The highest BCUT2D eigenvalue weighted by Crippen LogP contribution is 2.28. The van der Waals surface area contributed by atoms with Crippen molar-refractivity contribution < 1.29 is 14.3 Å². The maximum absolute atomic E-state index is 13.1. The summed E-state index contributed by atoms with van der Waals surface area (Å²) in [6.07, 6.45) is 1.88. The molecule has 0 saturated heterocycles. The van der Waals surface area contributed by atoms with Gasteiger partial charge in [-0.25, -0.2) is 4.98 Å². The van der Waals surface area contributed by atoms with Gasteiger partial charge < -0.3 is 15.4 Å². The molecule has 2 amide bonds. The standard InChI is InChI=1S/C23H20N4O3/c1-15(28)24-17-8-10-18(11-9-17)25-23(29)21-22(16-6-12-19(30-2)13-7-16)27-14-4-3-5-20(27)26-21/h3-14H,1-2H3,(H,24,28)(H,25,29). The van der Waals surface area contributed by atoms with Gasteiger partial charge in [-0.15, -0.1) is 0 Å². The van der Waals surface area contributed by atoms with E-state index in [1.165, 1.54) is 6.92 Å². The second-order valence-corrected chi connectivity index (χ2v) is 6.68. The number of nitrogens with one attached hydrogen (secondary N) is 2. The van der Waals surface area contributed by atoms with Gasteiger partial charge in [0.05, 0.1) is 12.8 Å². The summed E-state index contributed by atoms with van der Waals surface area (Å²) in [5.74, 6) is 0.259. The minimum Gasteiger partial charge on any atom is -0.497 e. The van der Waals surface area contributed by atoms with E-state index in [1.54, 1.807) is 31.4 Å². The lowest BCUT2D eigenvalue weighted by Crippen LogP contribution is -2.14. The van der Waals surface area contributed by atoms with E-state index in [9.17, 15) is 9.59 Å². The molecule has 0 bridgehead atoms. The van der Waals surface area contributed by atoms with Crippen molar-refractivity contribution in [2.24, 2.45) is 0 Å². The van der Waals surface area contributed by atoms with E-state index in [2.05, 4.69) is 15.6 Å². The Balaban J connectivity index is 1.69. The Kier molecular flexibility index (Phi) is 5.17. The van der Waals surface area contributed by atoms with Gasteiger partial charge >= 0.3 is 0 Å². The average molecular weight is 400 g/mol. The first kappa shape index (κ1) is 19.2. The van der Waals surface area contributed by atoms with Crippen molar-refractivity contribution in [1.29, 1.82) is 0 Å². The van der Waals surface area contributed by atoms with Crippen molar-refractivity contribution in [3.8, 4) is 17.0 Å². The predicted octanol–water partition coefficient (Wildman–Crippen LogP) is 4.22. The van der Waals surface area contributed by atoms with Crippen LogP contribution in [0.5, 0.6) is 5.75 Å². The van der Waals surface area contributed by atoms with Gasteiger partial charge in [0.25, 0.3) is 5.91 Å². The molecule has 0 radical (unpaired) electrons. The number of hydrogen-bond donors (Lipinski definition) is 2. The molecule has 7 heteroatoms. The van der Waals surface area contributed by atoms with Crippen molar-refractivity contribution >= 4 is 28.8 Å². The zero-order valence-electron chi connectivity index (χ0n) is 16.5. The molecular weight excluding hydrogens is 380 g/mol. The molecule has 0 spiro atoms. The highest BCUT2D eigenvalue weighted by Gasteiger charge is 2.20. The van der Waals surface area contributed by atoms with Gasteiger partial charge in [0.2, 0.25) is 5.91 Å². The van der Waals surface area contributed by atoms with E-state index >= 15 is 0 Å². The number of fused-ring (bicyclic) bond motifs is 1. The summed E-state index contributed by atoms with van der Waals surface area (Å²) in [4.78, 5) is 28.8. The highest BCUT2D eigenvalue weighted by atomic mass is 16.5. The van der Waals surface area contributed by atoms with Crippen LogP contribution in [0.25, 0.3) is 16.9 Å². The van der Waals surface area contributed by atoms with Crippen LogP contribution in [0.3, 0.4) is 0 Å². The van der Waals surface area contributed by atoms with Crippen LogP contribution in [-0.4, -0.2) is 28.3 Å². The van der Waals surface area contributed by atoms with E-state index in [4.69, 9.17) is 4.74 Å². The predicted molar refractivity (Wildman–Crippen MR) is 116 cm³/mol. The van der Waals surface area contributed by atoms with Gasteiger partial charge in [0, 0.05) is 30.1 Å². The zero-order valence-corrected chi connectivity index (χ0v) is 16.5. The maximum Gasteiger partial charge on any atom is 0.276 e. The lowest BCUT2D eigenvalue weighted by molar-refractivity contribution is -0.114.